The summed E-state index contributed by atoms with van der Waals surface area (Å²) in [5.41, 5.74) is 1.58. The lowest BCUT2D eigenvalue weighted by molar-refractivity contribution is -0.385. The Kier molecular flexibility index (Phi) is 4.80. The number of hydrogen-bond acceptors (Lipinski definition) is 4. The number of nitro groups is 1. The molecule has 5 nitrogen and oxygen atoms in total. The van der Waals surface area contributed by atoms with Crippen LogP contribution in [0.3, 0.4) is 0 Å². The Hall–Kier alpha value is -2.08. The lowest BCUT2D eigenvalue weighted by atomic mass is 10.0. The first-order valence-electron chi connectivity index (χ1n) is 6.51. The Labute approximate surface area is 130 Å². The normalized spacial score (nSPS) is 11.9. The maximum Gasteiger partial charge on any atom is 0.283 e. The molecule has 1 unspecified atom stereocenters. The first-order chi connectivity index (χ1) is 10.0. The van der Waals surface area contributed by atoms with E-state index in [0.717, 1.165) is 17.7 Å². The van der Waals surface area contributed by atoms with E-state index in [0.29, 0.717) is 4.47 Å². The van der Waals surface area contributed by atoms with Gasteiger partial charge in [-0.05, 0) is 40.5 Å². The summed E-state index contributed by atoms with van der Waals surface area (Å²) in [4.78, 5) is 10.4. The molecule has 0 saturated carbocycles. The van der Waals surface area contributed by atoms with Gasteiger partial charge in [0.1, 0.15) is 5.75 Å². The zero-order valence-electron chi connectivity index (χ0n) is 11.4. The second kappa shape index (κ2) is 6.58. The summed E-state index contributed by atoms with van der Waals surface area (Å²) < 4.78 is 0.421. The third-order valence-electron chi connectivity index (χ3n) is 3.21. The number of nitrogens with zero attached hydrogens (tertiary/aromatic N) is 1. The molecular formula is C15H15BrN2O3. The summed E-state index contributed by atoms with van der Waals surface area (Å²) in [6.45, 7) is 2.00. The van der Waals surface area contributed by atoms with Gasteiger partial charge in [-0.25, -0.2) is 0 Å². The van der Waals surface area contributed by atoms with Crippen LogP contribution in [0, 0.1) is 10.1 Å². The molecule has 0 fully saturated rings. The number of phenols is 1. The molecule has 0 radical (unpaired) electrons. The fourth-order valence-electron chi connectivity index (χ4n) is 2.13. The van der Waals surface area contributed by atoms with Crippen molar-refractivity contribution >= 4 is 27.3 Å². The van der Waals surface area contributed by atoms with Crippen LogP contribution in [0.15, 0.2) is 46.9 Å². The van der Waals surface area contributed by atoms with E-state index in [-0.39, 0.29) is 17.5 Å². The average molecular weight is 351 g/mol. The minimum Gasteiger partial charge on any atom is -0.508 e. The molecule has 0 aliphatic rings. The van der Waals surface area contributed by atoms with Crippen LogP contribution in [-0.4, -0.2) is 10.0 Å². The Morgan fingerprint density at radius 2 is 2.05 bits per heavy atom. The molecule has 0 aliphatic heterocycles. The Morgan fingerprint density at radius 1 is 1.33 bits per heavy atom. The number of rotatable bonds is 5. The van der Waals surface area contributed by atoms with E-state index in [1.165, 1.54) is 6.07 Å². The number of halogens is 1. The van der Waals surface area contributed by atoms with Crippen molar-refractivity contribution < 1.29 is 10.0 Å². The van der Waals surface area contributed by atoms with E-state index in [9.17, 15) is 15.2 Å². The fraction of sp³-hybridized carbons (Fsp3) is 0.200. The molecule has 0 aliphatic carbocycles. The second-order valence-corrected chi connectivity index (χ2v) is 5.44. The molecule has 0 saturated heterocycles. The highest BCUT2D eigenvalue weighted by molar-refractivity contribution is 9.10. The molecule has 21 heavy (non-hydrogen) atoms. The Balaban J connectivity index is 2.25. The molecule has 0 amide bonds. The molecule has 110 valence electrons. The Morgan fingerprint density at radius 3 is 2.62 bits per heavy atom. The summed E-state index contributed by atoms with van der Waals surface area (Å²) in [6, 6.07) is 11.8. The van der Waals surface area contributed by atoms with Crippen LogP contribution in [0.2, 0.25) is 0 Å². The smallest absolute Gasteiger partial charge is 0.283 e. The van der Waals surface area contributed by atoms with Gasteiger partial charge in [0.15, 0.2) is 0 Å². The van der Waals surface area contributed by atoms with E-state index in [4.69, 9.17) is 0 Å². The lowest BCUT2D eigenvalue weighted by Gasteiger charge is -2.20. The molecule has 2 rings (SSSR count). The summed E-state index contributed by atoms with van der Waals surface area (Å²) in [5.74, 6) is 0.234. The third kappa shape index (κ3) is 3.52. The number of phenolic OH excluding ortho intramolecular Hbond substituents is 1. The second-order valence-electron chi connectivity index (χ2n) is 4.59. The largest absolute Gasteiger partial charge is 0.508 e. The summed E-state index contributed by atoms with van der Waals surface area (Å²) in [6.07, 6.45) is 0.770. The van der Waals surface area contributed by atoms with Crippen LogP contribution < -0.4 is 5.32 Å². The van der Waals surface area contributed by atoms with E-state index in [1.807, 2.05) is 19.1 Å². The van der Waals surface area contributed by atoms with Crippen LogP contribution in [0.1, 0.15) is 24.9 Å². The lowest BCUT2D eigenvalue weighted by Crippen LogP contribution is -2.10. The van der Waals surface area contributed by atoms with E-state index in [1.54, 1.807) is 24.3 Å². The van der Waals surface area contributed by atoms with E-state index < -0.39 is 4.92 Å². The van der Waals surface area contributed by atoms with Crippen molar-refractivity contribution in [2.75, 3.05) is 5.32 Å². The van der Waals surface area contributed by atoms with Gasteiger partial charge in [-0.2, -0.15) is 0 Å². The zero-order valence-corrected chi connectivity index (χ0v) is 13.0. The van der Waals surface area contributed by atoms with Crippen LogP contribution in [0.25, 0.3) is 0 Å². The zero-order chi connectivity index (χ0) is 15.4. The number of anilines is 1. The molecule has 2 N–H and O–H groups in total. The molecular weight excluding hydrogens is 336 g/mol. The SMILES string of the molecule is CCC(Nc1ccc([N+](=O)[O-])c(Br)c1)c1ccccc1O. The maximum atomic E-state index is 10.8. The number of nitrogens with one attached hydrogen (secondary N) is 1. The molecule has 1 atom stereocenters. The predicted octanol–water partition coefficient (Wildman–Crippen LogP) is 4.63. The first-order valence-corrected chi connectivity index (χ1v) is 7.30. The van der Waals surface area contributed by atoms with Gasteiger partial charge < -0.3 is 10.4 Å². The summed E-state index contributed by atoms with van der Waals surface area (Å²) in [5, 5.41) is 24.0. The van der Waals surface area contributed by atoms with Crippen molar-refractivity contribution in [2.45, 2.75) is 19.4 Å². The van der Waals surface area contributed by atoms with Crippen molar-refractivity contribution in [1.82, 2.24) is 0 Å². The third-order valence-corrected chi connectivity index (χ3v) is 3.84. The quantitative estimate of drug-likeness (QED) is 0.609. The molecule has 0 heterocycles. The van der Waals surface area contributed by atoms with Crippen LogP contribution in [-0.2, 0) is 0 Å². The number of hydrogen-bond donors (Lipinski definition) is 2. The van der Waals surface area contributed by atoms with Crippen molar-refractivity contribution in [1.29, 1.82) is 0 Å². The van der Waals surface area contributed by atoms with Gasteiger partial charge in [-0.1, -0.05) is 25.1 Å². The van der Waals surface area contributed by atoms with Crippen molar-refractivity contribution in [3.05, 3.63) is 62.6 Å². The minimum atomic E-state index is -0.436. The number of para-hydroxylation sites is 1. The number of aromatic hydroxyl groups is 1. The highest BCUT2D eigenvalue weighted by Crippen LogP contribution is 2.32. The van der Waals surface area contributed by atoms with Gasteiger partial charge in [0.25, 0.3) is 5.69 Å². The van der Waals surface area contributed by atoms with Crippen LogP contribution >= 0.6 is 15.9 Å². The maximum absolute atomic E-state index is 10.8. The highest BCUT2D eigenvalue weighted by atomic mass is 79.9. The fourth-order valence-corrected chi connectivity index (χ4v) is 2.65. The average Bonchev–Trinajstić information content (AvgIpc) is 2.45. The summed E-state index contributed by atoms with van der Waals surface area (Å²) >= 11 is 3.20. The topological polar surface area (TPSA) is 75.4 Å². The molecule has 0 spiro atoms. The van der Waals surface area contributed by atoms with Crippen molar-refractivity contribution in [2.24, 2.45) is 0 Å². The van der Waals surface area contributed by atoms with Crippen LogP contribution in [0.5, 0.6) is 5.75 Å². The van der Waals surface area contributed by atoms with E-state index >= 15 is 0 Å². The molecule has 6 heteroatoms. The number of nitro benzene ring substituents is 1. The van der Waals surface area contributed by atoms with Gasteiger partial charge in [0.05, 0.1) is 15.4 Å². The van der Waals surface area contributed by atoms with Crippen molar-refractivity contribution in [3.63, 3.8) is 0 Å². The van der Waals surface area contributed by atoms with Gasteiger partial charge in [0, 0.05) is 17.3 Å². The van der Waals surface area contributed by atoms with Gasteiger partial charge in [-0.3, -0.25) is 10.1 Å². The van der Waals surface area contributed by atoms with Crippen molar-refractivity contribution in [3.8, 4) is 5.75 Å². The van der Waals surface area contributed by atoms with Gasteiger partial charge in [-0.15, -0.1) is 0 Å². The molecule has 0 bridgehead atoms. The molecule has 0 aromatic heterocycles. The first kappa shape index (κ1) is 15.3. The standard InChI is InChI=1S/C15H15BrN2O3/c1-2-13(11-5-3-4-6-15(11)19)17-10-7-8-14(18(20)21)12(16)9-10/h3-9,13,17,19H,2H2,1H3. The molecule has 2 aromatic rings. The summed E-state index contributed by atoms with van der Waals surface area (Å²) in [7, 11) is 0. The van der Waals surface area contributed by atoms with Crippen LogP contribution in [0.4, 0.5) is 11.4 Å². The Bertz CT molecular complexity index is 661. The van der Waals surface area contributed by atoms with E-state index in [2.05, 4.69) is 21.2 Å². The molecule has 2 aromatic carbocycles. The monoisotopic (exact) mass is 350 g/mol. The van der Waals surface area contributed by atoms with Gasteiger partial charge >= 0.3 is 0 Å². The number of benzene rings is 2. The minimum absolute atomic E-state index is 0.0242. The predicted molar refractivity (Wildman–Crippen MR) is 85.6 cm³/mol. The van der Waals surface area contributed by atoms with Gasteiger partial charge in [0.2, 0.25) is 0 Å². The highest BCUT2D eigenvalue weighted by Gasteiger charge is 2.16.